The van der Waals surface area contributed by atoms with Gasteiger partial charge in [0, 0.05) is 17.6 Å². The molecule has 4 nitrogen and oxygen atoms in total. The molecule has 0 radical (unpaired) electrons. The molecule has 0 bridgehead atoms. The number of amides is 1. The summed E-state index contributed by atoms with van der Waals surface area (Å²) >= 11 is 3.48. The van der Waals surface area contributed by atoms with E-state index >= 15 is 0 Å². The van der Waals surface area contributed by atoms with Crippen LogP contribution in [0.5, 0.6) is 5.75 Å². The van der Waals surface area contributed by atoms with Crippen molar-refractivity contribution in [1.29, 1.82) is 0 Å². The summed E-state index contributed by atoms with van der Waals surface area (Å²) < 4.78 is 6.51. The number of carbonyl (C=O) groups excluding carboxylic acids is 1. The van der Waals surface area contributed by atoms with E-state index in [4.69, 9.17) is 4.74 Å². The zero-order valence-corrected chi connectivity index (χ0v) is 13.2. The van der Waals surface area contributed by atoms with E-state index in [1.165, 1.54) is 0 Å². The molecule has 0 aromatic heterocycles. The van der Waals surface area contributed by atoms with Crippen molar-refractivity contribution in [2.45, 2.75) is 20.4 Å². The summed E-state index contributed by atoms with van der Waals surface area (Å²) in [7, 11) is 1.89. The molecule has 0 unspecified atom stereocenters. The largest absolute Gasteiger partial charge is 0.484 e. The van der Waals surface area contributed by atoms with Crippen molar-refractivity contribution in [3.05, 3.63) is 28.2 Å². The second-order valence-electron chi connectivity index (χ2n) is 4.77. The van der Waals surface area contributed by atoms with Crippen LogP contribution in [-0.2, 0) is 11.3 Å². The molecule has 0 saturated carbocycles. The predicted octanol–water partition coefficient (Wildman–Crippen LogP) is 2.32. The predicted molar refractivity (Wildman–Crippen MR) is 80.2 cm³/mol. The lowest BCUT2D eigenvalue weighted by Gasteiger charge is -2.11. The van der Waals surface area contributed by atoms with E-state index in [9.17, 15) is 4.79 Å². The Bertz CT molecular complexity index is 422. The Balaban J connectivity index is 2.49. The summed E-state index contributed by atoms with van der Waals surface area (Å²) in [4.78, 5) is 11.5. The van der Waals surface area contributed by atoms with Crippen molar-refractivity contribution in [1.82, 2.24) is 10.6 Å². The highest BCUT2D eigenvalue weighted by molar-refractivity contribution is 9.10. The van der Waals surface area contributed by atoms with Gasteiger partial charge < -0.3 is 15.4 Å². The minimum Gasteiger partial charge on any atom is -0.484 e. The average molecular weight is 329 g/mol. The molecule has 0 fully saturated rings. The molecule has 106 valence electrons. The number of hydrogen-bond acceptors (Lipinski definition) is 3. The Morgan fingerprint density at radius 2 is 2.16 bits per heavy atom. The molecule has 1 aromatic carbocycles. The topological polar surface area (TPSA) is 50.4 Å². The molecule has 19 heavy (non-hydrogen) atoms. The fraction of sp³-hybridized carbons (Fsp3) is 0.500. The average Bonchev–Trinajstić information content (AvgIpc) is 2.37. The number of halogens is 1. The number of benzene rings is 1. The van der Waals surface area contributed by atoms with Gasteiger partial charge in [-0.1, -0.05) is 29.8 Å². The van der Waals surface area contributed by atoms with E-state index in [0.29, 0.717) is 18.2 Å². The van der Waals surface area contributed by atoms with Gasteiger partial charge in [-0.3, -0.25) is 4.79 Å². The van der Waals surface area contributed by atoms with Crippen LogP contribution >= 0.6 is 15.9 Å². The van der Waals surface area contributed by atoms with Gasteiger partial charge in [0.15, 0.2) is 6.61 Å². The Hall–Kier alpha value is -1.07. The fourth-order valence-electron chi connectivity index (χ4n) is 1.48. The summed E-state index contributed by atoms with van der Waals surface area (Å²) in [6, 6.07) is 5.70. The van der Waals surface area contributed by atoms with Crippen molar-refractivity contribution < 1.29 is 9.53 Å². The van der Waals surface area contributed by atoms with Gasteiger partial charge in [0.1, 0.15) is 5.75 Å². The summed E-state index contributed by atoms with van der Waals surface area (Å²) in [5.74, 6) is 1.05. The molecule has 0 heterocycles. The third-order valence-electron chi connectivity index (χ3n) is 2.46. The van der Waals surface area contributed by atoms with Crippen LogP contribution in [-0.4, -0.2) is 26.1 Å². The summed E-state index contributed by atoms with van der Waals surface area (Å²) in [5, 5.41) is 5.90. The zero-order chi connectivity index (χ0) is 14.3. The zero-order valence-electron chi connectivity index (χ0n) is 11.6. The third-order valence-corrected chi connectivity index (χ3v) is 3.24. The minimum absolute atomic E-state index is 0.0490. The van der Waals surface area contributed by atoms with Gasteiger partial charge >= 0.3 is 0 Å². The molecular formula is C14H21BrN2O2. The molecule has 1 amide bonds. The van der Waals surface area contributed by atoms with Crippen molar-refractivity contribution in [2.24, 2.45) is 5.92 Å². The maximum Gasteiger partial charge on any atom is 0.257 e. The molecule has 0 spiro atoms. The van der Waals surface area contributed by atoms with Crippen molar-refractivity contribution in [3.63, 3.8) is 0 Å². The number of nitrogens with one attached hydrogen (secondary N) is 2. The van der Waals surface area contributed by atoms with E-state index in [0.717, 1.165) is 16.6 Å². The fourth-order valence-corrected chi connectivity index (χ4v) is 1.87. The van der Waals surface area contributed by atoms with E-state index < -0.39 is 0 Å². The Morgan fingerprint density at radius 3 is 2.79 bits per heavy atom. The standard InChI is InChI=1S/C14H21BrN2O2/c1-10(2)7-17-14(18)9-19-12-4-5-13(15)11(6-12)8-16-3/h4-6,10,16H,7-9H2,1-3H3,(H,17,18). The maximum atomic E-state index is 11.5. The molecule has 0 aliphatic heterocycles. The van der Waals surface area contributed by atoms with Crippen LogP contribution in [0.3, 0.4) is 0 Å². The van der Waals surface area contributed by atoms with E-state index in [1.807, 2.05) is 25.2 Å². The quantitative estimate of drug-likeness (QED) is 0.807. The molecule has 0 saturated heterocycles. The van der Waals surface area contributed by atoms with Crippen LogP contribution in [0.1, 0.15) is 19.4 Å². The first-order chi connectivity index (χ1) is 9.02. The van der Waals surface area contributed by atoms with Gasteiger partial charge in [0.25, 0.3) is 5.91 Å². The third kappa shape index (κ3) is 6.07. The maximum absolute atomic E-state index is 11.5. The highest BCUT2D eigenvalue weighted by Gasteiger charge is 2.05. The van der Waals surface area contributed by atoms with Crippen molar-refractivity contribution >= 4 is 21.8 Å². The van der Waals surface area contributed by atoms with Crippen LogP contribution < -0.4 is 15.4 Å². The molecule has 0 aliphatic rings. The second kappa shape index (κ2) is 8.17. The highest BCUT2D eigenvalue weighted by atomic mass is 79.9. The first-order valence-corrected chi connectivity index (χ1v) is 7.14. The Morgan fingerprint density at radius 1 is 1.42 bits per heavy atom. The molecule has 0 atom stereocenters. The molecule has 1 rings (SSSR count). The molecular weight excluding hydrogens is 308 g/mol. The molecule has 2 N–H and O–H groups in total. The van der Waals surface area contributed by atoms with E-state index in [2.05, 4.69) is 40.4 Å². The van der Waals surface area contributed by atoms with Crippen LogP contribution in [0.25, 0.3) is 0 Å². The van der Waals surface area contributed by atoms with E-state index in [-0.39, 0.29) is 12.5 Å². The van der Waals surface area contributed by atoms with Crippen molar-refractivity contribution in [2.75, 3.05) is 20.2 Å². The van der Waals surface area contributed by atoms with Crippen LogP contribution in [0.2, 0.25) is 0 Å². The Labute approximate surface area is 123 Å². The first-order valence-electron chi connectivity index (χ1n) is 6.35. The summed E-state index contributed by atoms with van der Waals surface area (Å²) in [6.07, 6.45) is 0. The monoisotopic (exact) mass is 328 g/mol. The van der Waals surface area contributed by atoms with Gasteiger partial charge in [-0.05, 0) is 36.7 Å². The Kier molecular flexibility index (Phi) is 6.87. The number of rotatable bonds is 7. The SMILES string of the molecule is CNCc1cc(OCC(=O)NCC(C)C)ccc1Br. The first kappa shape index (κ1) is 16.0. The van der Waals surface area contributed by atoms with Crippen molar-refractivity contribution in [3.8, 4) is 5.75 Å². The lowest BCUT2D eigenvalue weighted by molar-refractivity contribution is -0.123. The minimum atomic E-state index is -0.0909. The lowest BCUT2D eigenvalue weighted by Crippen LogP contribution is -2.31. The lowest BCUT2D eigenvalue weighted by atomic mass is 10.2. The van der Waals surface area contributed by atoms with Crippen LogP contribution in [0, 0.1) is 5.92 Å². The van der Waals surface area contributed by atoms with Crippen LogP contribution in [0.4, 0.5) is 0 Å². The number of ether oxygens (including phenoxy) is 1. The van der Waals surface area contributed by atoms with E-state index in [1.54, 1.807) is 0 Å². The highest BCUT2D eigenvalue weighted by Crippen LogP contribution is 2.22. The van der Waals surface area contributed by atoms with Gasteiger partial charge in [-0.25, -0.2) is 0 Å². The number of hydrogen-bond donors (Lipinski definition) is 2. The molecule has 1 aromatic rings. The van der Waals surface area contributed by atoms with Gasteiger partial charge in [0.05, 0.1) is 0 Å². The number of carbonyl (C=O) groups is 1. The molecule has 0 aliphatic carbocycles. The van der Waals surface area contributed by atoms with Gasteiger partial charge in [0.2, 0.25) is 0 Å². The second-order valence-corrected chi connectivity index (χ2v) is 5.62. The van der Waals surface area contributed by atoms with Gasteiger partial charge in [-0.15, -0.1) is 0 Å². The summed E-state index contributed by atoms with van der Waals surface area (Å²) in [6.45, 7) is 5.58. The van der Waals surface area contributed by atoms with Gasteiger partial charge in [-0.2, -0.15) is 0 Å². The molecule has 5 heteroatoms. The normalized spacial score (nSPS) is 10.6. The smallest absolute Gasteiger partial charge is 0.257 e. The van der Waals surface area contributed by atoms with Crippen LogP contribution in [0.15, 0.2) is 22.7 Å². The summed E-state index contributed by atoms with van der Waals surface area (Å²) in [5.41, 5.74) is 1.10.